The summed E-state index contributed by atoms with van der Waals surface area (Å²) in [5, 5.41) is 3.47. The molecule has 0 spiro atoms. The molecule has 0 saturated heterocycles. The van der Waals surface area contributed by atoms with Crippen LogP contribution >= 0.6 is 11.6 Å². The van der Waals surface area contributed by atoms with Gasteiger partial charge in [-0.15, -0.1) is 0 Å². The maximum Gasteiger partial charge on any atom is 0.261 e. The fourth-order valence-corrected chi connectivity index (χ4v) is 3.34. The van der Waals surface area contributed by atoms with Crippen LogP contribution in [-0.4, -0.2) is 17.1 Å². The molecule has 2 aromatic rings. The standard InChI is InChI=1S/C19H21ClN2O3/c1-3-25-16-11-17(23)22-9-5-4-6-15(22)18(16)19(24)21-14-10-13(20)8-7-12(14)2/h7-8,10-11H,3-6,9H2,1-2H3,(H,21,24). The van der Waals surface area contributed by atoms with Gasteiger partial charge in [0.05, 0.1) is 6.61 Å². The number of halogens is 1. The fourth-order valence-electron chi connectivity index (χ4n) is 3.17. The number of carbonyl (C=O) groups excluding carboxylic acids is 1. The topological polar surface area (TPSA) is 60.3 Å². The Kier molecular flexibility index (Phi) is 5.13. The molecule has 1 N–H and O–H groups in total. The average Bonchev–Trinajstić information content (AvgIpc) is 2.58. The number of hydrogen-bond acceptors (Lipinski definition) is 3. The maximum absolute atomic E-state index is 13.0. The van der Waals surface area contributed by atoms with E-state index in [0.29, 0.717) is 41.6 Å². The van der Waals surface area contributed by atoms with E-state index in [1.807, 2.05) is 19.9 Å². The summed E-state index contributed by atoms with van der Waals surface area (Å²) in [7, 11) is 0. The van der Waals surface area contributed by atoms with Crippen LogP contribution in [0.5, 0.6) is 5.75 Å². The van der Waals surface area contributed by atoms with Crippen LogP contribution in [0.4, 0.5) is 5.69 Å². The van der Waals surface area contributed by atoms with E-state index < -0.39 is 0 Å². The van der Waals surface area contributed by atoms with Crippen molar-refractivity contribution in [3.8, 4) is 5.75 Å². The van der Waals surface area contributed by atoms with Crippen LogP contribution in [0.2, 0.25) is 5.02 Å². The molecule has 1 aliphatic heterocycles. The second-order valence-corrected chi connectivity index (χ2v) is 6.56. The number of ether oxygens (including phenoxy) is 1. The van der Waals surface area contributed by atoms with Crippen molar-refractivity contribution in [1.82, 2.24) is 4.57 Å². The first-order chi connectivity index (χ1) is 12.0. The third-order valence-electron chi connectivity index (χ3n) is 4.40. The highest BCUT2D eigenvalue weighted by molar-refractivity contribution is 6.31. The highest BCUT2D eigenvalue weighted by atomic mass is 35.5. The number of amides is 1. The molecule has 0 unspecified atom stereocenters. The highest BCUT2D eigenvalue weighted by Crippen LogP contribution is 2.27. The van der Waals surface area contributed by atoms with Gasteiger partial charge in [0.2, 0.25) is 0 Å². The number of anilines is 1. The molecule has 132 valence electrons. The molecule has 1 aromatic carbocycles. The van der Waals surface area contributed by atoms with E-state index in [9.17, 15) is 9.59 Å². The van der Waals surface area contributed by atoms with Crippen molar-refractivity contribution >= 4 is 23.2 Å². The lowest BCUT2D eigenvalue weighted by molar-refractivity contribution is 0.102. The summed E-state index contributed by atoms with van der Waals surface area (Å²) in [5.74, 6) is 0.0669. The van der Waals surface area contributed by atoms with Crippen molar-refractivity contribution < 1.29 is 9.53 Å². The molecule has 5 nitrogen and oxygen atoms in total. The largest absolute Gasteiger partial charge is 0.493 e. The molecule has 3 rings (SSSR count). The molecule has 0 fully saturated rings. The molecule has 1 aliphatic rings. The zero-order chi connectivity index (χ0) is 18.0. The van der Waals surface area contributed by atoms with Crippen molar-refractivity contribution in [2.75, 3.05) is 11.9 Å². The van der Waals surface area contributed by atoms with E-state index in [2.05, 4.69) is 5.32 Å². The second-order valence-electron chi connectivity index (χ2n) is 6.12. The molecule has 0 saturated carbocycles. The molecule has 1 aromatic heterocycles. The van der Waals surface area contributed by atoms with Crippen LogP contribution in [0.1, 0.15) is 41.4 Å². The third kappa shape index (κ3) is 3.56. The minimum absolute atomic E-state index is 0.117. The minimum atomic E-state index is -0.278. The molecule has 0 radical (unpaired) electrons. The zero-order valence-electron chi connectivity index (χ0n) is 14.4. The van der Waals surface area contributed by atoms with Crippen LogP contribution in [-0.2, 0) is 13.0 Å². The van der Waals surface area contributed by atoms with Gasteiger partial charge in [0.1, 0.15) is 11.3 Å². The Morgan fingerprint density at radius 1 is 1.32 bits per heavy atom. The van der Waals surface area contributed by atoms with Gasteiger partial charge in [-0.1, -0.05) is 17.7 Å². The highest BCUT2D eigenvalue weighted by Gasteiger charge is 2.24. The molecular formula is C19H21ClN2O3. The van der Waals surface area contributed by atoms with E-state index >= 15 is 0 Å². The Hall–Kier alpha value is -2.27. The lowest BCUT2D eigenvalue weighted by atomic mass is 10.0. The first-order valence-corrected chi connectivity index (χ1v) is 8.86. The summed E-state index contributed by atoms with van der Waals surface area (Å²) in [6.07, 6.45) is 2.58. The summed E-state index contributed by atoms with van der Waals surface area (Å²) in [6.45, 7) is 4.76. The van der Waals surface area contributed by atoms with E-state index in [1.165, 1.54) is 6.07 Å². The SMILES string of the molecule is CCOc1cc(=O)n2c(c1C(=O)Nc1cc(Cl)ccc1C)CCCC2. The molecule has 6 heteroatoms. The summed E-state index contributed by atoms with van der Waals surface area (Å²) in [6, 6.07) is 6.77. The normalized spacial score (nSPS) is 13.2. The molecular weight excluding hydrogens is 340 g/mol. The number of nitrogens with zero attached hydrogens (tertiary/aromatic N) is 1. The lowest BCUT2D eigenvalue weighted by Crippen LogP contribution is -2.31. The number of fused-ring (bicyclic) bond motifs is 1. The van der Waals surface area contributed by atoms with Crippen LogP contribution in [0.3, 0.4) is 0 Å². The monoisotopic (exact) mass is 360 g/mol. The Morgan fingerprint density at radius 3 is 2.88 bits per heavy atom. The fraction of sp³-hybridized carbons (Fsp3) is 0.368. The first-order valence-electron chi connectivity index (χ1n) is 8.48. The molecule has 2 heterocycles. The number of aryl methyl sites for hydroxylation is 1. The molecule has 0 bridgehead atoms. The van der Waals surface area contributed by atoms with Crippen LogP contribution in [0, 0.1) is 6.92 Å². The van der Waals surface area contributed by atoms with Gasteiger partial charge in [-0.2, -0.15) is 0 Å². The van der Waals surface area contributed by atoms with Crippen molar-refractivity contribution in [2.24, 2.45) is 0 Å². The van der Waals surface area contributed by atoms with Gasteiger partial charge in [0, 0.05) is 29.0 Å². The lowest BCUT2D eigenvalue weighted by Gasteiger charge is -2.23. The summed E-state index contributed by atoms with van der Waals surface area (Å²) in [5.41, 5.74) is 2.65. The molecule has 0 atom stereocenters. The van der Waals surface area contributed by atoms with Gasteiger partial charge in [0.15, 0.2) is 0 Å². The molecule has 0 aliphatic carbocycles. The average molecular weight is 361 g/mol. The van der Waals surface area contributed by atoms with Crippen molar-refractivity contribution in [2.45, 2.75) is 39.7 Å². The Labute approximate surface area is 151 Å². The first kappa shape index (κ1) is 17.5. The zero-order valence-corrected chi connectivity index (χ0v) is 15.2. The summed E-state index contributed by atoms with van der Waals surface area (Å²) in [4.78, 5) is 25.3. The predicted octanol–water partition coefficient (Wildman–Crippen LogP) is 3.80. The van der Waals surface area contributed by atoms with Crippen LogP contribution in [0.25, 0.3) is 0 Å². The van der Waals surface area contributed by atoms with E-state index in [0.717, 1.165) is 24.1 Å². The van der Waals surface area contributed by atoms with Gasteiger partial charge in [0.25, 0.3) is 11.5 Å². The van der Waals surface area contributed by atoms with E-state index in [1.54, 1.807) is 16.7 Å². The number of hydrogen-bond donors (Lipinski definition) is 1. The maximum atomic E-state index is 13.0. The number of carbonyl (C=O) groups is 1. The third-order valence-corrected chi connectivity index (χ3v) is 4.64. The minimum Gasteiger partial charge on any atom is -0.493 e. The van der Waals surface area contributed by atoms with Gasteiger partial charge < -0.3 is 14.6 Å². The predicted molar refractivity (Wildman–Crippen MR) is 99.0 cm³/mol. The number of aromatic nitrogens is 1. The quantitative estimate of drug-likeness (QED) is 0.902. The van der Waals surface area contributed by atoms with E-state index in [-0.39, 0.29) is 11.5 Å². The summed E-state index contributed by atoms with van der Waals surface area (Å²) < 4.78 is 7.28. The summed E-state index contributed by atoms with van der Waals surface area (Å²) >= 11 is 6.04. The van der Waals surface area contributed by atoms with Gasteiger partial charge in [-0.25, -0.2) is 0 Å². The smallest absolute Gasteiger partial charge is 0.261 e. The number of pyridine rings is 1. The molecule has 25 heavy (non-hydrogen) atoms. The second kappa shape index (κ2) is 7.31. The number of nitrogens with one attached hydrogen (secondary N) is 1. The van der Waals surface area contributed by atoms with Crippen LogP contribution in [0.15, 0.2) is 29.1 Å². The van der Waals surface area contributed by atoms with Crippen LogP contribution < -0.4 is 15.6 Å². The molecule has 1 amide bonds. The van der Waals surface area contributed by atoms with E-state index in [4.69, 9.17) is 16.3 Å². The van der Waals surface area contributed by atoms with Crippen molar-refractivity contribution in [3.05, 3.63) is 56.5 Å². The van der Waals surface area contributed by atoms with Gasteiger partial charge in [-0.3, -0.25) is 9.59 Å². The van der Waals surface area contributed by atoms with Crippen molar-refractivity contribution in [3.63, 3.8) is 0 Å². The Bertz CT molecular complexity index is 874. The Balaban J connectivity index is 2.06. The van der Waals surface area contributed by atoms with Gasteiger partial charge in [-0.05, 0) is 50.8 Å². The number of benzene rings is 1. The Morgan fingerprint density at radius 2 is 2.12 bits per heavy atom. The van der Waals surface area contributed by atoms with Crippen molar-refractivity contribution in [1.29, 1.82) is 0 Å². The van der Waals surface area contributed by atoms with Gasteiger partial charge >= 0.3 is 0 Å². The number of rotatable bonds is 4.